The van der Waals surface area contributed by atoms with Crippen LogP contribution in [0.5, 0.6) is 0 Å². The maximum Gasteiger partial charge on any atom is 0.407 e. The molecule has 1 saturated carbocycles. The van der Waals surface area contributed by atoms with Gasteiger partial charge in [-0.25, -0.2) is 9.78 Å². The van der Waals surface area contributed by atoms with E-state index < -0.39 is 11.7 Å². The first-order chi connectivity index (χ1) is 11.3. The smallest absolute Gasteiger partial charge is 0.407 e. The number of aromatic nitrogens is 1. The van der Waals surface area contributed by atoms with Crippen molar-refractivity contribution in [1.29, 1.82) is 0 Å². The summed E-state index contributed by atoms with van der Waals surface area (Å²) in [5.41, 5.74) is 0.637. The van der Waals surface area contributed by atoms with E-state index in [2.05, 4.69) is 15.6 Å². The molecule has 1 fully saturated rings. The van der Waals surface area contributed by atoms with E-state index in [4.69, 9.17) is 16.3 Å². The number of nitrogens with zero attached hydrogens (tertiary/aromatic N) is 1. The van der Waals surface area contributed by atoms with Gasteiger partial charge < -0.3 is 15.4 Å². The van der Waals surface area contributed by atoms with Crippen LogP contribution in [0.3, 0.4) is 0 Å². The quantitative estimate of drug-likeness (QED) is 0.635. The van der Waals surface area contributed by atoms with E-state index in [0.29, 0.717) is 16.4 Å². The lowest BCUT2D eigenvalue weighted by molar-refractivity contribution is 0.0492. The number of alkyl carbamates (subject to hydrolysis) is 1. The average molecular weight is 354 g/mol. The highest BCUT2D eigenvalue weighted by Crippen LogP contribution is 2.25. The summed E-state index contributed by atoms with van der Waals surface area (Å²) in [5.74, 6) is 0. The number of hydrogen-bond donors (Lipinski definition) is 2. The topological polar surface area (TPSA) is 80.3 Å². The highest BCUT2D eigenvalue weighted by Gasteiger charge is 2.26. The van der Waals surface area contributed by atoms with E-state index in [0.717, 1.165) is 32.0 Å². The van der Waals surface area contributed by atoms with Gasteiger partial charge in [-0.05, 0) is 52.5 Å². The van der Waals surface area contributed by atoms with Gasteiger partial charge in [-0.2, -0.15) is 0 Å². The summed E-state index contributed by atoms with van der Waals surface area (Å²) in [7, 11) is 0. The van der Waals surface area contributed by atoms with Gasteiger partial charge >= 0.3 is 6.09 Å². The molecule has 0 aromatic carbocycles. The van der Waals surface area contributed by atoms with Crippen molar-refractivity contribution in [2.45, 2.75) is 64.1 Å². The molecule has 1 aromatic heterocycles. The molecule has 0 spiro atoms. The Morgan fingerprint density at radius 2 is 2.08 bits per heavy atom. The third-order valence-electron chi connectivity index (χ3n) is 3.78. The summed E-state index contributed by atoms with van der Waals surface area (Å²) in [6.07, 6.45) is 5.43. The van der Waals surface area contributed by atoms with Crippen molar-refractivity contribution in [2.24, 2.45) is 0 Å². The number of aldehydes is 1. The van der Waals surface area contributed by atoms with Gasteiger partial charge in [0.05, 0.1) is 5.56 Å². The number of carbonyl (C=O) groups is 2. The molecule has 2 rings (SSSR count). The summed E-state index contributed by atoms with van der Waals surface area (Å²) in [6, 6.07) is 1.84. The number of pyridine rings is 1. The Morgan fingerprint density at radius 3 is 2.75 bits per heavy atom. The largest absolute Gasteiger partial charge is 0.444 e. The molecule has 1 aliphatic carbocycles. The van der Waals surface area contributed by atoms with E-state index in [9.17, 15) is 9.59 Å². The van der Waals surface area contributed by atoms with Gasteiger partial charge in [-0.15, -0.1) is 0 Å². The van der Waals surface area contributed by atoms with E-state index in [1.807, 2.05) is 20.8 Å². The first-order valence-corrected chi connectivity index (χ1v) is 8.51. The second kappa shape index (κ2) is 7.83. The van der Waals surface area contributed by atoms with Crippen LogP contribution in [0.15, 0.2) is 12.3 Å². The number of ether oxygens (including phenoxy) is 1. The Balaban J connectivity index is 1.95. The standard InChI is InChI=1S/C17H24ClN3O3/c1-17(2,3)24-16(23)21-13-6-4-5-12(7-13)20-14-8-15(18)19-9-11(14)10-22/h8-10,12-13H,4-7H2,1-3H3,(H,19,20)(H,21,23). The molecule has 0 radical (unpaired) electrons. The van der Waals surface area contributed by atoms with Crippen molar-refractivity contribution in [3.8, 4) is 0 Å². The van der Waals surface area contributed by atoms with E-state index in [-0.39, 0.29) is 12.1 Å². The lowest BCUT2D eigenvalue weighted by atomic mass is 9.91. The fourth-order valence-electron chi connectivity index (χ4n) is 2.81. The fraction of sp³-hybridized carbons (Fsp3) is 0.588. The van der Waals surface area contributed by atoms with Crippen LogP contribution in [0.25, 0.3) is 0 Å². The predicted octanol–water partition coefficient (Wildman–Crippen LogP) is 3.80. The molecule has 1 amide bonds. The lowest BCUT2D eigenvalue weighted by Crippen LogP contribution is -2.43. The molecule has 1 aromatic rings. The van der Waals surface area contributed by atoms with Gasteiger partial charge in [0.2, 0.25) is 0 Å². The summed E-state index contributed by atoms with van der Waals surface area (Å²) in [6.45, 7) is 5.52. The number of rotatable bonds is 4. The third kappa shape index (κ3) is 5.67. The van der Waals surface area contributed by atoms with Crippen LogP contribution in [0.2, 0.25) is 5.15 Å². The zero-order valence-corrected chi connectivity index (χ0v) is 15.0. The molecule has 1 aliphatic rings. The van der Waals surface area contributed by atoms with Gasteiger partial charge in [0.1, 0.15) is 10.8 Å². The maximum absolute atomic E-state index is 11.9. The number of amides is 1. The molecule has 24 heavy (non-hydrogen) atoms. The Bertz CT molecular complexity index is 601. The van der Waals surface area contributed by atoms with Crippen molar-refractivity contribution in [3.63, 3.8) is 0 Å². The zero-order valence-electron chi connectivity index (χ0n) is 14.3. The molecule has 1 heterocycles. The summed E-state index contributed by atoms with van der Waals surface area (Å²) < 4.78 is 5.30. The van der Waals surface area contributed by atoms with Crippen molar-refractivity contribution >= 4 is 29.7 Å². The van der Waals surface area contributed by atoms with Crippen LogP contribution in [-0.2, 0) is 4.74 Å². The van der Waals surface area contributed by atoms with Gasteiger partial charge in [0, 0.05) is 24.0 Å². The van der Waals surface area contributed by atoms with E-state index in [1.165, 1.54) is 6.20 Å². The number of nitrogens with one attached hydrogen (secondary N) is 2. The fourth-order valence-corrected chi connectivity index (χ4v) is 2.96. The van der Waals surface area contributed by atoms with Crippen molar-refractivity contribution in [1.82, 2.24) is 10.3 Å². The van der Waals surface area contributed by atoms with Crippen LogP contribution in [-0.4, -0.2) is 35.0 Å². The molecular formula is C17H24ClN3O3. The minimum absolute atomic E-state index is 0.0445. The van der Waals surface area contributed by atoms with Crippen LogP contribution < -0.4 is 10.6 Å². The Labute approximate surface area is 147 Å². The normalized spacial score (nSPS) is 21.0. The Hall–Kier alpha value is -1.82. The van der Waals surface area contributed by atoms with Gasteiger partial charge in [0.25, 0.3) is 0 Å². The van der Waals surface area contributed by atoms with Crippen molar-refractivity contribution < 1.29 is 14.3 Å². The van der Waals surface area contributed by atoms with E-state index >= 15 is 0 Å². The van der Waals surface area contributed by atoms with Crippen LogP contribution >= 0.6 is 11.6 Å². The molecule has 132 valence electrons. The Kier molecular flexibility index (Phi) is 6.04. The molecule has 0 saturated heterocycles. The predicted molar refractivity (Wildman–Crippen MR) is 93.7 cm³/mol. The maximum atomic E-state index is 11.9. The van der Waals surface area contributed by atoms with Gasteiger partial charge in [0.15, 0.2) is 6.29 Å². The second-order valence-corrected chi connectivity index (χ2v) is 7.45. The first kappa shape index (κ1) is 18.5. The zero-order chi connectivity index (χ0) is 17.7. The minimum atomic E-state index is -0.511. The highest BCUT2D eigenvalue weighted by atomic mass is 35.5. The lowest BCUT2D eigenvalue weighted by Gasteiger charge is -2.32. The minimum Gasteiger partial charge on any atom is -0.444 e. The number of halogens is 1. The molecule has 2 N–H and O–H groups in total. The van der Waals surface area contributed by atoms with Gasteiger partial charge in [-0.3, -0.25) is 4.79 Å². The third-order valence-corrected chi connectivity index (χ3v) is 3.99. The summed E-state index contributed by atoms with van der Waals surface area (Å²) >= 11 is 5.91. The molecular weight excluding hydrogens is 330 g/mol. The Morgan fingerprint density at radius 1 is 1.38 bits per heavy atom. The van der Waals surface area contributed by atoms with Crippen LogP contribution in [0.4, 0.5) is 10.5 Å². The van der Waals surface area contributed by atoms with Crippen molar-refractivity contribution in [3.05, 3.63) is 23.0 Å². The number of anilines is 1. The average Bonchev–Trinajstić information content (AvgIpc) is 2.45. The van der Waals surface area contributed by atoms with Crippen LogP contribution in [0, 0.1) is 0 Å². The second-order valence-electron chi connectivity index (χ2n) is 7.06. The highest BCUT2D eigenvalue weighted by molar-refractivity contribution is 6.29. The molecule has 0 bridgehead atoms. The van der Waals surface area contributed by atoms with Gasteiger partial charge in [-0.1, -0.05) is 11.6 Å². The molecule has 7 heteroatoms. The molecule has 2 unspecified atom stereocenters. The monoisotopic (exact) mass is 353 g/mol. The van der Waals surface area contributed by atoms with Crippen LogP contribution in [0.1, 0.15) is 56.8 Å². The van der Waals surface area contributed by atoms with E-state index in [1.54, 1.807) is 6.07 Å². The molecule has 0 aliphatic heterocycles. The molecule has 2 atom stereocenters. The SMILES string of the molecule is CC(C)(C)OC(=O)NC1CCCC(Nc2cc(Cl)ncc2C=O)C1. The molecule has 6 nitrogen and oxygen atoms in total. The number of hydrogen-bond acceptors (Lipinski definition) is 5. The first-order valence-electron chi connectivity index (χ1n) is 8.13. The number of carbonyl (C=O) groups excluding carboxylic acids is 2. The summed E-state index contributed by atoms with van der Waals surface area (Å²) in [4.78, 5) is 27.0. The van der Waals surface area contributed by atoms with Crippen molar-refractivity contribution in [2.75, 3.05) is 5.32 Å². The summed E-state index contributed by atoms with van der Waals surface area (Å²) in [5, 5.41) is 6.60.